The minimum atomic E-state index is -1.06. The second kappa shape index (κ2) is 9.39. The zero-order valence-corrected chi connectivity index (χ0v) is 18.1. The molecule has 0 saturated carbocycles. The third kappa shape index (κ3) is 4.75. The molecule has 2 N–H and O–H groups in total. The number of likely N-dealkylation sites (tertiary alicyclic amines) is 1. The predicted molar refractivity (Wildman–Crippen MR) is 118 cm³/mol. The van der Waals surface area contributed by atoms with Gasteiger partial charge in [-0.2, -0.15) is 0 Å². The molecule has 166 valence electrons. The number of carbonyl (C=O) groups is 2. The summed E-state index contributed by atoms with van der Waals surface area (Å²) >= 11 is 1.07. The lowest BCUT2D eigenvalue weighted by molar-refractivity contribution is 0.102. The molecule has 1 saturated heterocycles. The average molecular weight is 458 g/mol. The summed E-state index contributed by atoms with van der Waals surface area (Å²) in [7, 11) is 0. The molecule has 4 rings (SSSR count). The maximum absolute atomic E-state index is 13.4. The van der Waals surface area contributed by atoms with E-state index in [1.165, 1.54) is 11.6 Å². The fourth-order valence-electron chi connectivity index (χ4n) is 3.51. The molecule has 2 heterocycles. The number of carbonyl (C=O) groups excluding carboxylic acids is 2. The van der Waals surface area contributed by atoms with Crippen LogP contribution in [0.4, 0.5) is 25.0 Å². The summed E-state index contributed by atoms with van der Waals surface area (Å²) < 4.78 is 26.4. The van der Waals surface area contributed by atoms with Crippen LogP contribution in [0.1, 0.15) is 46.2 Å². The first-order valence-corrected chi connectivity index (χ1v) is 11.0. The molecule has 0 spiro atoms. The number of hydrogen-bond donors (Lipinski definition) is 2. The van der Waals surface area contributed by atoms with Crippen LogP contribution in [-0.2, 0) is 6.42 Å². The lowest BCUT2D eigenvalue weighted by atomic mass is 10.1. The minimum Gasteiger partial charge on any atom is -0.320 e. The van der Waals surface area contributed by atoms with Gasteiger partial charge in [0.1, 0.15) is 5.01 Å². The summed E-state index contributed by atoms with van der Waals surface area (Å²) in [5.74, 6) is -2.63. The number of halogens is 2. The molecule has 3 amide bonds. The van der Waals surface area contributed by atoms with E-state index in [2.05, 4.69) is 27.8 Å². The fraction of sp³-hybridized carbons (Fsp3) is 0.273. The van der Waals surface area contributed by atoms with E-state index in [0.29, 0.717) is 23.7 Å². The molecule has 3 aromatic rings. The van der Waals surface area contributed by atoms with E-state index < -0.39 is 17.5 Å². The van der Waals surface area contributed by atoms with Crippen LogP contribution in [0.5, 0.6) is 0 Å². The largest absolute Gasteiger partial charge is 0.322 e. The van der Waals surface area contributed by atoms with E-state index >= 15 is 0 Å². The third-order valence-corrected chi connectivity index (χ3v) is 6.25. The number of anilines is 2. The van der Waals surface area contributed by atoms with Gasteiger partial charge in [0.2, 0.25) is 5.01 Å². The number of nitrogens with zero attached hydrogens (tertiary/aromatic N) is 3. The van der Waals surface area contributed by atoms with Gasteiger partial charge in [-0.15, -0.1) is 10.2 Å². The number of aromatic nitrogens is 2. The van der Waals surface area contributed by atoms with Gasteiger partial charge in [0.05, 0.1) is 6.04 Å². The van der Waals surface area contributed by atoms with Gasteiger partial charge in [0, 0.05) is 24.0 Å². The molecule has 7 nitrogen and oxygen atoms in total. The molecule has 10 heteroatoms. The van der Waals surface area contributed by atoms with Gasteiger partial charge in [-0.3, -0.25) is 4.79 Å². The van der Waals surface area contributed by atoms with E-state index in [9.17, 15) is 18.4 Å². The second-order valence-electron chi connectivity index (χ2n) is 7.36. The summed E-state index contributed by atoms with van der Waals surface area (Å²) in [5.41, 5.74) is 2.01. The third-order valence-electron chi connectivity index (χ3n) is 5.22. The summed E-state index contributed by atoms with van der Waals surface area (Å²) in [5, 5.41) is 14.0. The molecule has 0 aliphatic carbocycles. The summed E-state index contributed by atoms with van der Waals surface area (Å²) in [4.78, 5) is 26.9. The molecule has 1 aliphatic rings. The predicted octanol–water partition coefficient (Wildman–Crippen LogP) is 5.00. The van der Waals surface area contributed by atoms with Crippen LogP contribution in [0.25, 0.3) is 0 Å². The van der Waals surface area contributed by atoms with E-state index in [0.717, 1.165) is 36.3 Å². The van der Waals surface area contributed by atoms with Gasteiger partial charge in [-0.1, -0.05) is 30.4 Å². The number of amides is 3. The lowest BCUT2D eigenvalue weighted by Gasteiger charge is -2.23. The maximum atomic E-state index is 13.4. The van der Waals surface area contributed by atoms with Crippen molar-refractivity contribution in [3.05, 3.63) is 69.7 Å². The number of hydrogen-bond acceptors (Lipinski definition) is 5. The Morgan fingerprint density at radius 1 is 1.06 bits per heavy atom. The highest BCUT2D eigenvalue weighted by Crippen LogP contribution is 2.34. The summed E-state index contributed by atoms with van der Waals surface area (Å²) in [6.07, 6.45) is 2.44. The standard InChI is InChI=1S/C22H21F2N5O2S/c1-2-13-5-7-14(8-6-13)26-22(31)29-11-3-4-18(29)20-27-28-21(32-20)19(30)25-15-9-10-16(23)17(24)12-15/h5-10,12,18H,2-4,11H2,1H3,(H,25,30)(H,26,31)/t18-/m1/s1. The van der Waals surface area contributed by atoms with Gasteiger partial charge in [0.25, 0.3) is 5.91 Å². The zero-order valence-electron chi connectivity index (χ0n) is 17.3. The molecular weight excluding hydrogens is 436 g/mol. The molecule has 32 heavy (non-hydrogen) atoms. The van der Waals surface area contributed by atoms with Crippen molar-refractivity contribution in [1.82, 2.24) is 15.1 Å². The van der Waals surface area contributed by atoms with Crippen LogP contribution in [0.15, 0.2) is 42.5 Å². The Kier molecular flexibility index (Phi) is 6.40. The Balaban J connectivity index is 1.43. The number of nitrogens with one attached hydrogen (secondary N) is 2. The first-order valence-electron chi connectivity index (χ1n) is 10.2. The normalized spacial score (nSPS) is 15.6. The smallest absolute Gasteiger partial charge is 0.320 e. The highest BCUT2D eigenvalue weighted by atomic mass is 32.1. The summed E-state index contributed by atoms with van der Waals surface area (Å²) in [6, 6.07) is 10.2. The van der Waals surface area contributed by atoms with E-state index in [1.807, 2.05) is 24.3 Å². The van der Waals surface area contributed by atoms with Crippen molar-refractivity contribution < 1.29 is 18.4 Å². The number of rotatable bonds is 5. The van der Waals surface area contributed by atoms with Crippen LogP contribution < -0.4 is 10.6 Å². The molecule has 1 fully saturated rings. The number of urea groups is 1. The first-order chi connectivity index (χ1) is 15.4. The van der Waals surface area contributed by atoms with E-state index in [1.54, 1.807) is 4.90 Å². The van der Waals surface area contributed by atoms with Crippen molar-refractivity contribution in [1.29, 1.82) is 0 Å². The van der Waals surface area contributed by atoms with Crippen LogP contribution >= 0.6 is 11.3 Å². The van der Waals surface area contributed by atoms with Crippen LogP contribution in [-0.4, -0.2) is 33.6 Å². The van der Waals surface area contributed by atoms with Crippen molar-refractivity contribution in [2.24, 2.45) is 0 Å². The summed E-state index contributed by atoms with van der Waals surface area (Å²) in [6.45, 7) is 2.64. The Bertz CT molecular complexity index is 1140. The van der Waals surface area contributed by atoms with Gasteiger partial charge >= 0.3 is 6.03 Å². The Hall–Kier alpha value is -3.40. The molecule has 0 radical (unpaired) electrons. The molecule has 1 atom stereocenters. The number of aryl methyl sites for hydroxylation is 1. The maximum Gasteiger partial charge on any atom is 0.322 e. The van der Waals surface area contributed by atoms with Crippen LogP contribution in [0, 0.1) is 11.6 Å². The van der Waals surface area contributed by atoms with Crippen LogP contribution in [0.3, 0.4) is 0 Å². The van der Waals surface area contributed by atoms with Gasteiger partial charge < -0.3 is 15.5 Å². The van der Waals surface area contributed by atoms with Gasteiger partial charge in [-0.25, -0.2) is 13.6 Å². The fourth-order valence-corrected chi connectivity index (χ4v) is 4.39. The monoisotopic (exact) mass is 457 g/mol. The zero-order chi connectivity index (χ0) is 22.7. The van der Waals surface area contributed by atoms with E-state index in [-0.39, 0.29) is 22.8 Å². The topological polar surface area (TPSA) is 87.2 Å². The molecular formula is C22H21F2N5O2S. The quantitative estimate of drug-likeness (QED) is 0.565. The molecule has 1 aromatic heterocycles. The van der Waals surface area contributed by atoms with Crippen molar-refractivity contribution in [2.45, 2.75) is 32.2 Å². The second-order valence-corrected chi connectivity index (χ2v) is 8.37. The minimum absolute atomic E-state index is 0.0761. The Morgan fingerprint density at radius 3 is 2.53 bits per heavy atom. The Labute approximate surface area is 187 Å². The molecule has 2 aromatic carbocycles. The molecule has 0 unspecified atom stereocenters. The highest BCUT2D eigenvalue weighted by Gasteiger charge is 2.33. The molecule has 0 bridgehead atoms. The van der Waals surface area contributed by atoms with E-state index in [4.69, 9.17) is 0 Å². The van der Waals surface area contributed by atoms with Crippen molar-refractivity contribution in [3.8, 4) is 0 Å². The average Bonchev–Trinajstić information content (AvgIpc) is 3.46. The highest BCUT2D eigenvalue weighted by molar-refractivity contribution is 7.13. The molecule has 1 aliphatic heterocycles. The van der Waals surface area contributed by atoms with Gasteiger partial charge in [0.15, 0.2) is 11.6 Å². The number of benzene rings is 2. The van der Waals surface area contributed by atoms with Gasteiger partial charge in [-0.05, 0) is 49.1 Å². The Morgan fingerprint density at radius 2 is 1.81 bits per heavy atom. The first kappa shape index (κ1) is 21.8. The lowest BCUT2D eigenvalue weighted by Crippen LogP contribution is -2.34. The van der Waals surface area contributed by atoms with Crippen molar-refractivity contribution >= 4 is 34.6 Å². The SMILES string of the molecule is CCc1ccc(NC(=O)N2CCC[C@@H]2c2nnc(C(=O)Nc3ccc(F)c(F)c3)s2)cc1. The van der Waals surface area contributed by atoms with Crippen molar-refractivity contribution in [3.63, 3.8) is 0 Å². The van der Waals surface area contributed by atoms with Crippen molar-refractivity contribution in [2.75, 3.05) is 17.2 Å². The van der Waals surface area contributed by atoms with Crippen LogP contribution in [0.2, 0.25) is 0 Å².